The summed E-state index contributed by atoms with van der Waals surface area (Å²) in [5, 5.41) is 4.51. The molecule has 1 N–H and O–H groups in total. The van der Waals surface area contributed by atoms with Gasteiger partial charge in [0.15, 0.2) is 0 Å². The summed E-state index contributed by atoms with van der Waals surface area (Å²) in [6.07, 6.45) is 1.46. The first-order valence-corrected chi connectivity index (χ1v) is 9.17. The van der Waals surface area contributed by atoms with Crippen LogP contribution in [0.1, 0.15) is 16.7 Å². The summed E-state index contributed by atoms with van der Waals surface area (Å²) in [4.78, 5) is 27.5. The number of ether oxygens (including phenoxy) is 1. The highest BCUT2D eigenvalue weighted by atomic mass is 16.5. The molecule has 4 aromatic rings. The molecule has 0 saturated carbocycles. The van der Waals surface area contributed by atoms with Crippen molar-refractivity contribution in [3.05, 3.63) is 110 Å². The fourth-order valence-corrected chi connectivity index (χ4v) is 3.06. The molecule has 1 heterocycles. The second kappa shape index (κ2) is 7.98. The molecule has 29 heavy (non-hydrogen) atoms. The van der Waals surface area contributed by atoms with Gasteiger partial charge >= 0.3 is 5.69 Å². The number of H-pyrrole nitrogens is 1. The summed E-state index contributed by atoms with van der Waals surface area (Å²) in [6, 6.07) is 22.2. The van der Waals surface area contributed by atoms with Gasteiger partial charge in [0.05, 0.1) is 17.1 Å². The first-order chi connectivity index (χ1) is 14.1. The van der Waals surface area contributed by atoms with E-state index in [1.807, 2.05) is 49.4 Å². The van der Waals surface area contributed by atoms with Gasteiger partial charge in [-0.25, -0.2) is 4.79 Å². The Hall–Kier alpha value is -3.93. The van der Waals surface area contributed by atoms with Crippen LogP contribution in [0.15, 0.2) is 87.5 Å². The lowest BCUT2D eigenvalue weighted by atomic mass is 10.1. The number of hydrogen-bond acceptors (Lipinski definition) is 4. The Labute approximate surface area is 166 Å². The monoisotopic (exact) mass is 385 g/mol. The molecule has 4 rings (SSSR count). The smallest absolute Gasteiger partial charge is 0.349 e. The number of aromatic amines is 1. The van der Waals surface area contributed by atoms with Crippen LogP contribution < -0.4 is 16.0 Å². The normalized spacial score (nSPS) is 11.2. The van der Waals surface area contributed by atoms with Crippen LogP contribution in [-0.4, -0.2) is 15.9 Å². The molecule has 0 aliphatic heterocycles. The number of fused-ring (bicyclic) bond motifs is 1. The lowest BCUT2D eigenvalue weighted by molar-refractivity contribution is 0.305. The van der Waals surface area contributed by atoms with Gasteiger partial charge in [-0.15, -0.1) is 4.68 Å². The molecule has 0 unspecified atom stereocenters. The van der Waals surface area contributed by atoms with Gasteiger partial charge < -0.3 is 9.72 Å². The molecule has 6 heteroatoms. The Kier molecular flexibility index (Phi) is 5.07. The zero-order chi connectivity index (χ0) is 20.2. The standard InChI is InChI=1S/C23H19N3O3/c1-16-7-6-8-17(13-16)15-29-21-12-5-2-9-18(21)14-24-26-22(27)19-10-3-4-11-20(19)25-23(26)28/h2-14H,15H2,1H3,(H,25,28). The van der Waals surface area contributed by atoms with Crippen LogP contribution >= 0.6 is 0 Å². The molecule has 3 aromatic carbocycles. The number of hydrogen-bond donors (Lipinski definition) is 1. The summed E-state index contributed by atoms with van der Waals surface area (Å²) in [5.74, 6) is 0.614. The van der Waals surface area contributed by atoms with Crippen LogP contribution in [0, 0.1) is 6.92 Å². The summed E-state index contributed by atoms with van der Waals surface area (Å²) in [7, 11) is 0. The quantitative estimate of drug-likeness (QED) is 0.535. The van der Waals surface area contributed by atoms with Crippen molar-refractivity contribution >= 4 is 17.1 Å². The van der Waals surface area contributed by atoms with Gasteiger partial charge in [0, 0.05) is 5.56 Å². The fraction of sp³-hybridized carbons (Fsp3) is 0.0870. The van der Waals surface area contributed by atoms with Gasteiger partial charge in [-0.1, -0.05) is 54.1 Å². The fourth-order valence-electron chi connectivity index (χ4n) is 3.06. The van der Waals surface area contributed by atoms with E-state index in [2.05, 4.69) is 16.2 Å². The van der Waals surface area contributed by atoms with Crippen LogP contribution in [0.25, 0.3) is 10.9 Å². The topological polar surface area (TPSA) is 76.5 Å². The van der Waals surface area contributed by atoms with E-state index < -0.39 is 11.2 Å². The van der Waals surface area contributed by atoms with E-state index in [-0.39, 0.29) is 0 Å². The van der Waals surface area contributed by atoms with Gasteiger partial charge in [0.25, 0.3) is 5.56 Å². The van der Waals surface area contributed by atoms with E-state index >= 15 is 0 Å². The maximum absolute atomic E-state index is 12.6. The third-order valence-corrected chi connectivity index (χ3v) is 4.49. The molecule has 6 nitrogen and oxygen atoms in total. The lowest BCUT2D eigenvalue weighted by Gasteiger charge is -2.09. The van der Waals surface area contributed by atoms with E-state index in [1.54, 1.807) is 24.3 Å². The van der Waals surface area contributed by atoms with E-state index in [4.69, 9.17) is 4.74 Å². The molecule has 0 atom stereocenters. The molecule has 0 aliphatic carbocycles. The second-order valence-electron chi connectivity index (χ2n) is 6.65. The molecular formula is C23H19N3O3. The maximum Gasteiger partial charge on any atom is 0.349 e. The lowest BCUT2D eigenvalue weighted by Crippen LogP contribution is -2.32. The van der Waals surface area contributed by atoms with E-state index in [0.29, 0.717) is 28.8 Å². The molecule has 1 aromatic heterocycles. The molecule has 0 saturated heterocycles. The van der Waals surface area contributed by atoms with Crippen molar-refractivity contribution in [1.29, 1.82) is 0 Å². The Morgan fingerprint density at radius 3 is 2.66 bits per heavy atom. The third-order valence-electron chi connectivity index (χ3n) is 4.49. The number of rotatable bonds is 5. The van der Waals surface area contributed by atoms with Gasteiger partial charge in [0.1, 0.15) is 12.4 Å². The van der Waals surface area contributed by atoms with E-state index in [9.17, 15) is 9.59 Å². The summed E-state index contributed by atoms with van der Waals surface area (Å²) in [5.41, 5.74) is 2.30. The zero-order valence-electron chi connectivity index (χ0n) is 15.8. The van der Waals surface area contributed by atoms with Gasteiger partial charge in [-0.3, -0.25) is 4.79 Å². The average Bonchev–Trinajstić information content (AvgIpc) is 2.73. The summed E-state index contributed by atoms with van der Waals surface area (Å²) < 4.78 is 6.75. The van der Waals surface area contributed by atoms with Crippen molar-refractivity contribution in [2.45, 2.75) is 13.5 Å². The highest BCUT2D eigenvalue weighted by Gasteiger charge is 2.07. The number of aromatic nitrogens is 2. The molecule has 0 amide bonds. The minimum atomic E-state index is -0.594. The first kappa shape index (κ1) is 18.4. The second-order valence-corrected chi connectivity index (χ2v) is 6.65. The Morgan fingerprint density at radius 2 is 1.79 bits per heavy atom. The summed E-state index contributed by atoms with van der Waals surface area (Å²) in [6.45, 7) is 2.44. The molecule has 144 valence electrons. The number of nitrogens with zero attached hydrogens (tertiary/aromatic N) is 2. The third kappa shape index (κ3) is 4.01. The number of nitrogens with one attached hydrogen (secondary N) is 1. The van der Waals surface area contributed by atoms with E-state index in [0.717, 1.165) is 15.8 Å². The van der Waals surface area contributed by atoms with Crippen molar-refractivity contribution in [3.8, 4) is 5.75 Å². The highest BCUT2D eigenvalue weighted by molar-refractivity contribution is 5.83. The molecule has 0 spiro atoms. The Balaban J connectivity index is 1.64. The maximum atomic E-state index is 12.6. The minimum absolute atomic E-state index is 0.397. The molecule has 0 fully saturated rings. The van der Waals surface area contributed by atoms with Gasteiger partial charge in [-0.05, 0) is 36.8 Å². The predicted octanol–water partition coefficient (Wildman–Crippen LogP) is 3.46. The highest BCUT2D eigenvalue weighted by Crippen LogP contribution is 2.18. The van der Waals surface area contributed by atoms with E-state index in [1.165, 1.54) is 6.21 Å². The van der Waals surface area contributed by atoms with Crippen molar-refractivity contribution in [2.24, 2.45) is 5.10 Å². The first-order valence-electron chi connectivity index (χ1n) is 9.17. The average molecular weight is 385 g/mol. The number of benzene rings is 3. The van der Waals surface area contributed by atoms with Crippen molar-refractivity contribution in [3.63, 3.8) is 0 Å². The van der Waals surface area contributed by atoms with Crippen molar-refractivity contribution in [1.82, 2.24) is 9.66 Å². The van der Waals surface area contributed by atoms with Crippen LogP contribution in [0.3, 0.4) is 0 Å². The summed E-state index contributed by atoms with van der Waals surface area (Å²) >= 11 is 0. The van der Waals surface area contributed by atoms with Crippen LogP contribution in [-0.2, 0) is 6.61 Å². The van der Waals surface area contributed by atoms with Crippen molar-refractivity contribution in [2.75, 3.05) is 0 Å². The SMILES string of the molecule is Cc1cccc(COc2ccccc2C=Nn2c(=O)[nH]c3ccccc3c2=O)c1. The van der Waals surface area contributed by atoms with Crippen LogP contribution in [0.2, 0.25) is 0 Å². The number of aryl methyl sites for hydroxylation is 1. The minimum Gasteiger partial charge on any atom is -0.488 e. The largest absolute Gasteiger partial charge is 0.488 e. The Bertz CT molecular complexity index is 1320. The van der Waals surface area contributed by atoms with Crippen molar-refractivity contribution < 1.29 is 4.74 Å². The molecular weight excluding hydrogens is 366 g/mol. The molecule has 0 radical (unpaired) electrons. The predicted molar refractivity (Wildman–Crippen MR) is 114 cm³/mol. The molecule has 0 aliphatic rings. The zero-order valence-corrected chi connectivity index (χ0v) is 15.8. The van der Waals surface area contributed by atoms with Crippen LogP contribution in [0.4, 0.5) is 0 Å². The van der Waals surface area contributed by atoms with Crippen LogP contribution in [0.5, 0.6) is 5.75 Å². The Morgan fingerprint density at radius 1 is 1.00 bits per heavy atom. The van der Waals surface area contributed by atoms with Gasteiger partial charge in [0.2, 0.25) is 0 Å². The molecule has 0 bridgehead atoms. The number of para-hydroxylation sites is 2. The van der Waals surface area contributed by atoms with Gasteiger partial charge in [-0.2, -0.15) is 5.10 Å².